The van der Waals surface area contributed by atoms with Gasteiger partial charge in [0.2, 0.25) is 0 Å². The van der Waals surface area contributed by atoms with Crippen LogP contribution in [0.1, 0.15) is 27.6 Å². The molecular formula is C17H16O5. The molecule has 0 atom stereocenters. The van der Waals surface area contributed by atoms with Gasteiger partial charge in [0.25, 0.3) is 0 Å². The van der Waals surface area contributed by atoms with Gasteiger partial charge < -0.3 is 14.2 Å². The van der Waals surface area contributed by atoms with Gasteiger partial charge in [0, 0.05) is 0 Å². The first-order valence-corrected chi connectivity index (χ1v) is 6.78. The van der Waals surface area contributed by atoms with Gasteiger partial charge in [-0.2, -0.15) is 0 Å². The number of methoxy groups -OCH3 is 1. The first kappa shape index (κ1) is 15.6. The first-order chi connectivity index (χ1) is 10.7. The number of carbonyl (C=O) groups is 2. The maximum absolute atomic E-state index is 12.2. The lowest BCUT2D eigenvalue weighted by Gasteiger charge is -2.09. The summed E-state index contributed by atoms with van der Waals surface area (Å²) >= 11 is 0. The molecule has 0 bridgehead atoms. The van der Waals surface area contributed by atoms with Crippen molar-refractivity contribution in [2.24, 2.45) is 0 Å². The Morgan fingerprint density at radius 3 is 1.95 bits per heavy atom. The molecule has 5 heteroatoms. The van der Waals surface area contributed by atoms with Crippen LogP contribution in [0.3, 0.4) is 0 Å². The van der Waals surface area contributed by atoms with E-state index in [0.717, 1.165) is 0 Å². The maximum atomic E-state index is 12.2. The molecule has 0 aromatic heterocycles. The quantitative estimate of drug-likeness (QED) is 0.627. The lowest BCUT2D eigenvalue weighted by Crippen LogP contribution is -2.15. The largest absolute Gasteiger partial charge is 0.497 e. The van der Waals surface area contributed by atoms with Crippen LogP contribution in [-0.2, 0) is 4.74 Å². The molecule has 2 aromatic carbocycles. The van der Waals surface area contributed by atoms with Crippen LogP contribution in [0.15, 0.2) is 48.5 Å². The Hall–Kier alpha value is -2.82. The van der Waals surface area contributed by atoms with Gasteiger partial charge in [-0.15, -0.1) is 0 Å². The summed E-state index contributed by atoms with van der Waals surface area (Å²) in [7, 11) is 1.55. The van der Waals surface area contributed by atoms with Crippen LogP contribution in [0.4, 0.5) is 0 Å². The van der Waals surface area contributed by atoms with Crippen molar-refractivity contribution in [3.8, 4) is 11.5 Å². The number of hydrogen-bond donors (Lipinski definition) is 0. The summed E-state index contributed by atoms with van der Waals surface area (Å²) in [6.45, 7) is 1.94. The number of carbonyl (C=O) groups excluding carboxylic acids is 2. The molecule has 0 radical (unpaired) electrons. The first-order valence-electron chi connectivity index (χ1n) is 6.78. The lowest BCUT2D eigenvalue weighted by atomic mass is 10.1. The molecule has 0 saturated carbocycles. The number of ether oxygens (including phenoxy) is 3. The van der Waals surface area contributed by atoms with Gasteiger partial charge in [-0.05, 0) is 43.3 Å². The third-order valence-electron chi connectivity index (χ3n) is 2.91. The second-order valence-corrected chi connectivity index (χ2v) is 4.33. The van der Waals surface area contributed by atoms with Crippen molar-refractivity contribution in [3.63, 3.8) is 0 Å². The van der Waals surface area contributed by atoms with Crippen LogP contribution < -0.4 is 9.47 Å². The van der Waals surface area contributed by atoms with Crippen LogP contribution in [0.5, 0.6) is 11.5 Å². The van der Waals surface area contributed by atoms with E-state index in [9.17, 15) is 9.59 Å². The van der Waals surface area contributed by atoms with E-state index in [2.05, 4.69) is 0 Å². The monoisotopic (exact) mass is 300 g/mol. The molecule has 0 saturated heterocycles. The molecule has 2 rings (SSSR count). The predicted octanol–water partition coefficient (Wildman–Crippen LogP) is 3.09. The van der Waals surface area contributed by atoms with Crippen LogP contribution in [-0.4, -0.2) is 25.7 Å². The Morgan fingerprint density at radius 2 is 1.41 bits per heavy atom. The lowest BCUT2D eigenvalue weighted by molar-refractivity contribution is 0.0517. The topological polar surface area (TPSA) is 61.8 Å². The van der Waals surface area contributed by atoms with Crippen LogP contribution >= 0.6 is 0 Å². The normalized spacial score (nSPS) is 9.91. The minimum absolute atomic E-state index is 0.164. The molecule has 0 amide bonds. The predicted molar refractivity (Wildman–Crippen MR) is 80.4 cm³/mol. The summed E-state index contributed by atoms with van der Waals surface area (Å²) in [5.74, 6) is -0.144. The molecule has 22 heavy (non-hydrogen) atoms. The number of esters is 2. The Bertz CT molecular complexity index is 661. The van der Waals surface area contributed by atoms with Gasteiger partial charge in [-0.3, -0.25) is 0 Å². The smallest absolute Gasteiger partial charge is 0.344 e. The summed E-state index contributed by atoms with van der Waals surface area (Å²) in [6.07, 6.45) is 0. The van der Waals surface area contributed by atoms with E-state index in [0.29, 0.717) is 11.5 Å². The average Bonchev–Trinajstić information content (AvgIpc) is 2.55. The maximum Gasteiger partial charge on any atom is 0.344 e. The van der Waals surface area contributed by atoms with E-state index in [4.69, 9.17) is 14.2 Å². The average molecular weight is 300 g/mol. The summed E-state index contributed by atoms with van der Waals surface area (Å²) in [5, 5.41) is 0. The second-order valence-electron chi connectivity index (χ2n) is 4.33. The molecule has 2 aromatic rings. The van der Waals surface area contributed by atoms with E-state index < -0.39 is 11.9 Å². The van der Waals surface area contributed by atoms with E-state index in [1.54, 1.807) is 50.4 Å². The van der Waals surface area contributed by atoms with Crippen molar-refractivity contribution in [1.29, 1.82) is 0 Å². The van der Waals surface area contributed by atoms with E-state index >= 15 is 0 Å². The Balaban J connectivity index is 2.20. The van der Waals surface area contributed by atoms with E-state index in [-0.39, 0.29) is 17.7 Å². The number of hydrogen-bond acceptors (Lipinski definition) is 5. The van der Waals surface area contributed by atoms with Crippen molar-refractivity contribution < 1.29 is 23.8 Å². The minimum Gasteiger partial charge on any atom is -0.497 e. The van der Waals surface area contributed by atoms with Crippen molar-refractivity contribution >= 4 is 11.9 Å². The third kappa shape index (κ3) is 3.63. The van der Waals surface area contributed by atoms with Crippen LogP contribution in [0.25, 0.3) is 0 Å². The molecule has 0 fully saturated rings. The zero-order chi connectivity index (χ0) is 15.9. The molecule has 0 aliphatic carbocycles. The summed E-state index contributed by atoms with van der Waals surface area (Å²) in [5.41, 5.74) is 0.347. The van der Waals surface area contributed by atoms with Crippen molar-refractivity contribution in [1.82, 2.24) is 0 Å². The molecule has 0 aliphatic rings. The van der Waals surface area contributed by atoms with E-state index in [1.807, 2.05) is 0 Å². The zero-order valence-electron chi connectivity index (χ0n) is 12.4. The summed E-state index contributed by atoms with van der Waals surface area (Å²) in [6, 6.07) is 13.0. The van der Waals surface area contributed by atoms with Gasteiger partial charge in [0.1, 0.15) is 11.5 Å². The van der Waals surface area contributed by atoms with E-state index in [1.165, 1.54) is 12.1 Å². The van der Waals surface area contributed by atoms with Crippen LogP contribution in [0.2, 0.25) is 0 Å². The number of benzene rings is 2. The molecule has 0 unspecified atom stereocenters. The Kier molecular flexibility index (Phi) is 5.14. The van der Waals surface area contributed by atoms with Gasteiger partial charge in [-0.25, -0.2) is 9.59 Å². The molecule has 114 valence electrons. The van der Waals surface area contributed by atoms with Gasteiger partial charge >= 0.3 is 11.9 Å². The fourth-order valence-electron chi connectivity index (χ4n) is 1.85. The molecule has 0 heterocycles. The summed E-state index contributed by atoms with van der Waals surface area (Å²) in [4.78, 5) is 24.1. The highest BCUT2D eigenvalue weighted by molar-refractivity contribution is 6.03. The van der Waals surface area contributed by atoms with Crippen molar-refractivity contribution in [2.45, 2.75) is 6.92 Å². The summed E-state index contributed by atoms with van der Waals surface area (Å²) < 4.78 is 15.2. The highest BCUT2D eigenvalue weighted by Crippen LogP contribution is 2.19. The van der Waals surface area contributed by atoms with Gasteiger partial charge in [-0.1, -0.05) is 12.1 Å². The van der Waals surface area contributed by atoms with Crippen molar-refractivity contribution in [2.75, 3.05) is 13.7 Å². The Morgan fingerprint density at radius 1 is 0.864 bits per heavy atom. The highest BCUT2D eigenvalue weighted by atomic mass is 16.5. The SMILES string of the molecule is CCOC(=O)c1ccccc1C(=O)Oc1ccc(OC)cc1. The Labute approximate surface area is 128 Å². The third-order valence-corrected chi connectivity index (χ3v) is 2.91. The second kappa shape index (κ2) is 7.26. The fourth-order valence-corrected chi connectivity index (χ4v) is 1.85. The molecule has 5 nitrogen and oxygen atoms in total. The standard InChI is InChI=1S/C17H16O5/c1-3-21-16(18)14-6-4-5-7-15(14)17(19)22-13-10-8-12(20-2)9-11-13/h4-11H,3H2,1-2H3. The molecule has 0 aliphatic heterocycles. The minimum atomic E-state index is -0.617. The molecule has 0 N–H and O–H groups in total. The molecular weight excluding hydrogens is 284 g/mol. The highest BCUT2D eigenvalue weighted by Gasteiger charge is 2.19. The molecule has 0 spiro atoms. The zero-order valence-corrected chi connectivity index (χ0v) is 12.4. The number of rotatable bonds is 5. The van der Waals surface area contributed by atoms with Crippen LogP contribution in [0, 0.1) is 0 Å². The fraction of sp³-hybridized carbons (Fsp3) is 0.176. The van der Waals surface area contributed by atoms with Gasteiger partial charge in [0.15, 0.2) is 0 Å². The van der Waals surface area contributed by atoms with Gasteiger partial charge in [0.05, 0.1) is 24.8 Å². The van der Waals surface area contributed by atoms with Crippen molar-refractivity contribution in [3.05, 3.63) is 59.7 Å².